The second kappa shape index (κ2) is 7.15. The Hall–Kier alpha value is -0.530. The SMILES string of the molecule is Cc1nc(C(C)C)sc1[C@H](C)NC[C@@H]1COC2(CCOCC2)O1. The third-order valence-corrected chi connectivity index (χ3v) is 6.20. The molecule has 2 fully saturated rings. The zero-order valence-corrected chi connectivity index (χ0v) is 15.4. The predicted molar refractivity (Wildman–Crippen MR) is 91.0 cm³/mol. The first-order valence-corrected chi connectivity index (χ1v) is 9.41. The van der Waals surface area contributed by atoms with E-state index in [1.165, 1.54) is 9.88 Å². The Labute approximate surface area is 142 Å². The molecule has 0 saturated carbocycles. The highest BCUT2D eigenvalue weighted by Gasteiger charge is 2.42. The first-order chi connectivity index (χ1) is 11.0. The number of aryl methyl sites for hydroxylation is 1. The fraction of sp³-hybridized carbons (Fsp3) is 0.824. The maximum Gasteiger partial charge on any atom is 0.173 e. The Bertz CT molecular complexity index is 526. The van der Waals surface area contributed by atoms with E-state index in [9.17, 15) is 0 Å². The van der Waals surface area contributed by atoms with E-state index in [4.69, 9.17) is 14.2 Å². The molecule has 1 spiro atoms. The molecule has 0 amide bonds. The van der Waals surface area contributed by atoms with Gasteiger partial charge >= 0.3 is 0 Å². The zero-order chi connectivity index (χ0) is 16.4. The first kappa shape index (κ1) is 17.3. The third kappa shape index (κ3) is 3.94. The van der Waals surface area contributed by atoms with Crippen LogP contribution in [-0.4, -0.2) is 43.2 Å². The van der Waals surface area contributed by atoms with E-state index in [0.29, 0.717) is 12.5 Å². The van der Waals surface area contributed by atoms with E-state index < -0.39 is 0 Å². The van der Waals surface area contributed by atoms with Crippen LogP contribution in [0.25, 0.3) is 0 Å². The minimum Gasteiger partial charge on any atom is -0.381 e. The predicted octanol–water partition coefficient (Wildman–Crippen LogP) is 3.15. The normalized spacial score (nSPS) is 25.3. The van der Waals surface area contributed by atoms with Crippen LogP contribution >= 0.6 is 11.3 Å². The Morgan fingerprint density at radius 2 is 2.04 bits per heavy atom. The highest BCUT2D eigenvalue weighted by molar-refractivity contribution is 7.11. The minimum atomic E-state index is -0.390. The molecule has 0 aliphatic carbocycles. The van der Waals surface area contributed by atoms with Crippen molar-refractivity contribution in [2.24, 2.45) is 0 Å². The number of hydrogen-bond donors (Lipinski definition) is 1. The molecule has 5 nitrogen and oxygen atoms in total. The van der Waals surface area contributed by atoms with E-state index in [2.05, 4.69) is 38.0 Å². The monoisotopic (exact) mass is 340 g/mol. The summed E-state index contributed by atoms with van der Waals surface area (Å²) in [6.45, 7) is 11.6. The summed E-state index contributed by atoms with van der Waals surface area (Å²) in [5.41, 5.74) is 1.14. The van der Waals surface area contributed by atoms with Gasteiger partial charge in [-0.1, -0.05) is 13.8 Å². The number of ether oxygens (including phenoxy) is 3. The standard InChI is InChI=1S/C17H28N2O3S/c1-11(2)16-19-13(4)15(23-16)12(3)18-9-14-10-21-17(22-14)5-7-20-8-6-17/h11-12,14,18H,5-10H2,1-4H3/t12-,14+/m0/s1. The summed E-state index contributed by atoms with van der Waals surface area (Å²) >= 11 is 1.82. The maximum absolute atomic E-state index is 6.17. The fourth-order valence-corrected chi connectivity index (χ4v) is 4.24. The number of nitrogens with one attached hydrogen (secondary N) is 1. The quantitative estimate of drug-likeness (QED) is 0.892. The molecule has 23 heavy (non-hydrogen) atoms. The third-order valence-electron chi connectivity index (χ3n) is 4.56. The molecule has 3 rings (SSSR count). The summed E-state index contributed by atoms with van der Waals surface area (Å²) in [5.74, 6) is 0.0959. The van der Waals surface area contributed by atoms with Gasteiger partial charge < -0.3 is 19.5 Å². The number of nitrogens with zero attached hydrogens (tertiary/aromatic N) is 1. The van der Waals surface area contributed by atoms with Gasteiger partial charge in [-0.2, -0.15) is 0 Å². The van der Waals surface area contributed by atoms with Gasteiger partial charge in [0.1, 0.15) is 0 Å². The van der Waals surface area contributed by atoms with Gasteiger partial charge in [-0.15, -0.1) is 11.3 Å². The molecular formula is C17H28N2O3S. The van der Waals surface area contributed by atoms with Gasteiger partial charge in [0.05, 0.1) is 36.6 Å². The summed E-state index contributed by atoms with van der Waals surface area (Å²) in [5, 5.41) is 4.81. The van der Waals surface area contributed by atoms with Crippen molar-refractivity contribution < 1.29 is 14.2 Å². The van der Waals surface area contributed by atoms with Crippen molar-refractivity contribution in [1.29, 1.82) is 0 Å². The molecular weight excluding hydrogens is 312 g/mol. The van der Waals surface area contributed by atoms with Gasteiger partial charge in [0.25, 0.3) is 0 Å². The van der Waals surface area contributed by atoms with Crippen LogP contribution in [0.4, 0.5) is 0 Å². The number of thiazole rings is 1. The van der Waals surface area contributed by atoms with Gasteiger partial charge in [0, 0.05) is 36.2 Å². The van der Waals surface area contributed by atoms with Crippen molar-refractivity contribution in [2.45, 2.75) is 64.4 Å². The van der Waals surface area contributed by atoms with E-state index in [1.807, 2.05) is 11.3 Å². The van der Waals surface area contributed by atoms with Crippen LogP contribution in [0.5, 0.6) is 0 Å². The smallest absolute Gasteiger partial charge is 0.173 e. The maximum atomic E-state index is 6.17. The number of aromatic nitrogens is 1. The minimum absolute atomic E-state index is 0.119. The highest BCUT2D eigenvalue weighted by Crippen LogP contribution is 2.33. The molecule has 2 atom stereocenters. The Kier molecular flexibility index (Phi) is 5.38. The molecule has 1 aromatic heterocycles. The molecule has 1 N–H and O–H groups in total. The van der Waals surface area contributed by atoms with Crippen LogP contribution in [-0.2, 0) is 14.2 Å². The zero-order valence-electron chi connectivity index (χ0n) is 14.6. The van der Waals surface area contributed by atoms with Crippen molar-refractivity contribution in [3.8, 4) is 0 Å². The lowest BCUT2D eigenvalue weighted by atomic mass is 10.1. The van der Waals surface area contributed by atoms with Gasteiger partial charge in [0.2, 0.25) is 0 Å². The van der Waals surface area contributed by atoms with Gasteiger partial charge in [-0.3, -0.25) is 0 Å². The lowest BCUT2D eigenvalue weighted by Gasteiger charge is -2.31. The average Bonchev–Trinajstić information content (AvgIpc) is 3.10. The van der Waals surface area contributed by atoms with Crippen LogP contribution in [0.1, 0.15) is 61.2 Å². The Morgan fingerprint density at radius 1 is 1.30 bits per heavy atom. The van der Waals surface area contributed by atoms with Crippen molar-refractivity contribution in [3.63, 3.8) is 0 Å². The van der Waals surface area contributed by atoms with E-state index in [-0.39, 0.29) is 17.9 Å². The highest BCUT2D eigenvalue weighted by atomic mass is 32.1. The summed E-state index contributed by atoms with van der Waals surface area (Å²) in [4.78, 5) is 6.02. The number of hydrogen-bond acceptors (Lipinski definition) is 6. The van der Waals surface area contributed by atoms with Crippen molar-refractivity contribution in [2.75, 3.05) is 26.4 Å². The van der Waals surface area contributed by atoms with Crippen LogP contribution in [0.2, 0.25) is 0 Å². The number of rotatable bonds is 5. The molecule has 6 heteroatoms. The fourth-order valence-electron chi connectivity index (χ4n) is 3.14. The molecule has 2 aliphatic heterocycles. The van der Waals surface area contributed by atoms with E-state index >= 15 is 0 Å². The second-order valence-corrected chi connectivity index (χ2v) is 7.92. The summed E-state index contributed by atoms with van der Waals surface area (Å²) < 4.78 is 17.5. The average molecular weight is 340 g/mol. The molecule has 3 heterocycles. The van der Waals surface area contributed by atoms with Crippen molar-refractivity contribution in [3.05, 3.63) is 15.6 Å². The molecule has 2 saturated heterocycles. The van der Waals surface area contributed by atoms with Crippen molar-refractivity contribution >= 4 is 11.3 Å². The molecule has 0 bridgehead atoms. The topological polar surface area (TPSA) is 52.6 Å². The van der Waals surface area contributed by atoms with Crippen molar-refractivity contribution in [1.82, 2.24) is 10.3 Å². The Morgan fingerprint density at radius 3 is 2.70 bits per heavy atom. The molecule has 0 unspecified atom stereocenters. The molecule has 130 valence electrons. The van der Waals surface area contributed by atoms with E-state index in [1.54, 1.807) is 0 Å². The lowest BCUT2D eigenvalue weighted by Crippen LogP contribution is -2.39. The second-order valence-electron chi connectivity index (χ2n) is 6.86. The molecule has 2 aliphatic rings. The van der Waals surface area contributed by atoms with Crippen LogP contribution in [0.15, 0.2) is 0 Å². The Balaban J connectivity index is 1.52. The van der Waals surface area contributed by atoms with Crippen LogP contribution in [0.3, 0.4) is 0 Å². The first-order valence-electron chi connectivity index (χ1n) is 8.59. The summed E-state index contributed by atoms with van der Waals surface area (Å²) in [6.07, 6.45) is 1.79. The van der Waals surface area contributed by atoms with Gasteiger partial charge in [-0.25, -0.2) is 4.98 Å². The molecule has 1 aromatic rings. The van der Waals surface area contributed by atoms with Crippen LogP contribution in [0, 0.1) is 6.92 Å². The van der Waals surface area contributed by atoms with Crippen LogP contribution < -0.4 is 5.32 Å². The van der Waals surface area contributed by atoms with Gasteiger partial charge in [-0.05, 0) is 13.8 Å². The summed E-state index contributed by atoms with van der Waals surface area (Å²) in [6, 6.07) is 0.287. The molecule has 0 radical (unpaired) electrons. The van der Waals surface area contributed by atoms with E-state index in [0.717, 1.165) is 38.3 Å². The summed E-state index contributed by atoms with van der Waals surface area (Å²) in [7, 11) is 0. The molecule has 0 aromatic carbocycles. The largest absolute Gasteiger partial charge is 0.381 e. The lowest BCUT2D eigenvalue weighted by molar-refractivity contribution is -0.210. The van der Waals surface area contributed by atoms with Gasteiger partial charge in [0.15, 0.2) is 5.79 Å².